The standard InChI is InChI=1S/3C18H34O2.C6H14/c3*1-2-3-4-5-6-7-8-9-10-11-12-13-14-15-16-17-18(19)20;1-5-6(2,3)4/h3*9-10H,2-8,11-17H2,1H3,(H,19,20);5H2,1-4H3/b3*10-9-;. The van der Waals surface area contributed by atoms with Gasteiger partial charge in [-0.1, -0.05) is 245 Å². The molecule has 0 aromatic heterocycles. The minimum Gasteiger partial charge on any atom is -0.481 e. The molecule has 0 radical (unpaired) electrons. The number of carboxylic acid groups (broad SMARTS) is 3. The van der Waals surface area contributed by atoms with E-state index < -0.39 is 17.9 Å². The van der Waals surface area contributed by atoms with Crippen molar-refractivity contribution in [2.24, 2.45) is 5.41 Å². The van der Waals surface area contributed by atoms with E-state index in [2.05, 4.69) is 84.9 Å². The molecule has 6 nitrogen and oxygen atoms in total. The highest BCUT2D eigenvalue weighted by atomic mass is 16.4. The summed E-state index contributed by atoms with van der Waals surface area (Å²) in [6.45, 7) is 15.7. The van der Waals surface area contributed by atoms with Crippen LogP contribution in [0.1, 0.15) is 325 Å². The van der Waals surface area contributed by atoms with Gasteiger partial charge in [-0.2, -0.15) is 0 Å². The quantitative estimate of drug-likeness (QED) is 0.0414. The molecule has 0 saturated carbocycles. The Balaban J connectivity index is -0.000000410. The third kappa shape index (κ3) is 85.0. The van der Waals surface area contributed by atoms with E-state index in [1.54, 1.807) is 0 Å². The lowest BCUT2D eigenvalue weighted by Gasteiger charge is -2.12. The number of carboxylic acids is 3. The van der Waals surface area contributed by atoms with E-state index in [9.17, 15) is 14.4 Å². The molecule has 0 heterocycles. The van der Waals surface area contributed by atoms with Gasteiger partial charge < -0.3 is 15.3 Å². The maximum atomic E-state index is 10.3. The Hall–Kier alpha value is -2.37. The molecule has 0 aromatic rings. The summed E-state index contributed by atoms with van der Waals surface area (Å²) in [5.41, 5.74) is 0.542. The van der Waals surface area contributed by atoms with Crippen LogP contribution in [0.25, 0.3) is 0 Å². The number of hydrogen-bond acceptors (Lipinski definition) is 3. The summed E-state index contributed by atoms with van der Waals surface area (Å²) < 4.78 is 0. The van der Waals surface area contributed by atoms with E-state index in [4.69, 9.17) is 15.3 Å². The molecule has 0 aliphatic carbocycles. The van der Waals surface area contributed by atoms with Gasteiger partial charge in [0, 0.05) is 19.3 Å². The summed E-state index contributed by atoms with van der Waals surface area (Å²) in [6.07, 6.45) is 65.0. The first-order chi connectivity index (χ1) is 31.9. The largest absolute Gasteiger partial charge is 0.481 e. The van der Waals surface area contributed by atoms with Crippen LogP contribution in [-0.2, 0) is 14.4 Å². The highest BCUT2D eigenvalue weighted by Crippen LogP contribution is 2.16. The SMILES string of the molecule is CCC(C)(C)C.CCCCCCCC/C=C\CCCCCCCC(=O)O.CCCCCCCC/C=C\CCCCCCCC(=O)O.CCCCCCCC/C=C\CCCCCCCC(=O)O. The number of allylic oxidation sites excluding steroid dienone is 6. The number of aliphatic carboxylic acids is 3. The van der Waals surface area contributed by atoms with Gasteiger partial charge in [-0.05, 0) is 102 Å². The molecule has 0 unspecified atom stereocenters. The first-order valence-electron chi connectivity index (χ1n) is 28.5. The fraction of sp³-hybridized carbons (Fsp3) is 0.850. The van der Waals surface area contributed by atoms with Gasteiger partial charge in [-0.15, -0.1) is 0 Å². The predicted octanol–water partition coefficient (Wildman–Crippen LogP) is 20.8. The molecular formula is C60H116O6. The Morgan fingerprint density at radius 3 is 0.591 bits per heavy atom. The predicted molar refractivity (Wildman–Crippen MR) is 291 cm³/mol. The lowest BCUT2D eigenvalue weighted by atomic mass is 9.94. The third-order valence-electron chi connectivity index (χ3n) is 12.0. The van der Waals surface area contributed by atoms with Gasteiger partial charge in [0.2, 0.25) is 0 Å². The topological polar surface area (TPSA) is 112 Å². The number of carbonyl (C=O) groups is 3. The second kappa shape index (κ2) is 62.6. The van der Waals surface area contributed by atoms with Crippen molar-refractivity contribution in [2.45, 2.75) is 325 Å². The Morgan fingerprint density at radius 1 is 0.288 bits per heavy atom. The van der Waals surface area contributed by atoms with Gasteiger partial charge in [0.1, 0.15) is 0 Å². The van der Waals surface area contributed by atoms with Crippen molar-refractivity contribution in [3.8, 4) is 0 Å². The fourth-order valence-electron chi connectivity index (χ4n) is 7.04. The van der Waals surface area contributed by atoms with Crippen molar-refractivity contribution in [1.82, 2.24) is 0 Å². The van der Waals surface area contributed by atoms with Crippen LogP contribution in [0.2, 0.25) is 0 Å². The molecule has 0 bridgehead atoms. The van der Waals surface area contributed by atoms with Gasteiger partial charge in [0.25, 0.3) is 0 Å². The average Bonchev–Trinajstić information content (AvgIpc) is 3.27. The lowest BCUT2D eigenvalue weighted by Crippen LogP contribution is -2.00. The van der Waals surface area contributed by atoms with Gasteiger partial charge >= 0.3 is 17.9 Å². The smallest absolute Gasteiger partial charge is 0.303 e. The molecule has 0 aliphatic rings. The summed E-state index contributed by atoms with van der Waals surface area (Å²) in [5, 5.41) is 25.5. The first kappa shape index (κ1) is 70.2. The zero-order valence-corrected chi connectivity index (χ0v) is 45.4. The zero-order valence-electron chi connectivity index (χ0n) is 45.4. The van der Waals surface area contributed by atoms with Crippen LogP contribution >= 0.6 is 0 Å². The minimum atomic E-state index is -0.664. The Morgan fingerprint density at radius 2 is 0.439 bits per heavy atom. The Kier molecular flexibility index (Phi) is 66.6. The number of hydrogen-bond donors (Lipinski definition) is 3. The highest BCUT2D eigenvalue weighted by molar-refractivity contribution is 5.67. The highest BCUT2D eigenvalue weighted by Gasteiger charge is 2.03. The molecule has 0 spiro atoms. The van der Waals surface area contributed by atoms with Crippen molar-refractivity contribution in [3.63, 3.8) is 0 Å². The average molecular weight is 934 g/mol. The van der Waals surface area contributed by atoms with E-state index in [-0.39, 0.29) is 0 Å². The third-order valence-corrected chi connectivity index (χ3v) is 12.0. The van der Waals surface area contributed by atoms with Crippen LogP contribution < -0.4 is 0 Å². The second-order valence-electron chi connectivity index (χ2n) is 20.1. The Bertz CT molecular complexity index is 919. The van der Waals surface area contributed by atoms with Crippen molar-refractivity contribution >= 4 is 17.9 Å². The van der Waals surface area contributed by atoms with Crippen molar-refractivity contribution in [2.75, 3.05) is 0 Å². The molecule has 66 heavy (non-hydrogen) atoms. The fourth-order valence-corrected chi connectivity index (χ4v) is 7.04. The molecule has 392 valence electrons. The molecule has 3 N–H and O–H groups in total. The van der Waals surface area contributed by atoms with Crippen molar-refractivity contribution in [1.29, 1.82) is 0 Å². The van der Waals surface area contributed by atoms with Crippen LogP contribution in [0.4, 0.5) is 0 Å². The second-order valence-corrected chi connectivity index (χ2v) is 20.1. The molecule has 0 amide bonds. The maximum absolute atomic E-state index is 10.3. The monoisotopic (exact) mass is 933 g/mol. The lowest BCUT2D eigenvalue weighted by molar-refractivity contribution is -0.138. The molecule has 0 aliphatic heterocycles. The van der Waals surface area contributed by atoms with E-state index in [0.29, 0.717) is 24.7 Å². The molecule has 0 saturated heterocycles. The zero-order chi connectivity index (χ0) is 49.9. The van der Waals surface area contributed by atoms with Crippen LogP contribution in [0.5, 0.6) is 0 Å². The number of unbranched alkanes of at least 4 members (excludes halogenated alkanes) is 33. The molecule has 6 heteroatoms. The van der Waals surface area contributed by atoms with Gasteiger partial charge in [-0.25, -0.2) is 0 Å². The van der Waals surface area contributed by atoms with Crippen LogP contribution in [0.15, 0.2) is 36.5 Å². The molecule has 0 fully saturated rings. The van der Waals surface area contributed by atoms with Gasteiger partial charge in [0.15, 0.2) is 0 Å². The van der Waals surface area contributed by atoms with E-state index in [1.807, 2.05) is 0 Å². The first-order valence-corrected chi connectivity index (χ1v) is 28.5. The van der Waals surface area contributed by atoms with Gasteiger partial charge in [0.05, 0.1) is 0 Å². The maximum Gasteiger partial charge on any atom is 0.303 e. The van der Waals surface area contributed by atoms with Crippen molar-refractivity contribution < 1.29 is 29.7 Å². The molecule has 0 atom stereocenters. The molecular weight excluding hydrogens is 817 g/mol. The summed E-state index contributed by atoms with van der Waals surface area (Å²) in [4.78, 5) is 31.0. The summed E-state index contributed by atoms with van der Waals surface area (Å²) in [7, 11) is 0. The van der Waals surface area contributed by atoms with Crippen LogP contribution in [0, 0.1) is 5.41 Å². The summed E-state index contributed by atoms with van der Waals surface area (Å²) in [6, 6.07) is 0. The number of rotatable bonds is 45. The summed E-state index contributed by atoms with van der Waals surface area (Å²) in [5.74, 6) is -1.99. The van der Waals surface area contributed by atoms with E-state index in [1.165, 1.54) is 218 Å². The minimum absolute atomic E-state index is 0.332. The Labute approximate surface area is 412 Å². The summed E-state index contributed by atoms with van der Waals surface area (Å²) >= 11 is 0. The van der Waals surface area contributed by atoms with E-state index in [0.717, 1.165) is 38.5 Å². The normalized spacial score (nSPS) is 11.3. The molecule has 0 aromatic carbocycles. The van der Waals surface area contributed by atoms with Crippen LogP contribution in [0.3, 0.4) is 0 Å². The molecule has 0 rings (SSSR count). The van der Waals surface area contributed by atoms with Crippen molar-refractivity contribution in [3.05, 3.63) is 36.5 Å². The van der Waals surface area contributed by atoms with Gasteiger partial charge in [-0.3, -0.25) is 14.4 Å². The van der Waals surface area contributed by atoms with Crippen LogP contribution in [-0.4, -0.2) is 33.2 Å². The van der Waals surface area contributed by atoms with E-state index >= 15 is 0 Å².